The third-order valence-electron chi connectivity index (χ3n) is 6.05. The van der Waals surface area contributed by atoms with E-state index in [9.17, 15) is 19.8 Å². The summed E-state index contributed by atoms with van der Waals surface area (Å²) in [4.78, 5) is 30.9. The standard InChI is InChI=1S/C21H25N3O4/c1-3-16-18(22-20(26)17(19(16)25)21(27)28)12-4-6-15(7-5-12)24-10-13-8-23(2)9-14(13)11-24/h4-7,13-14H,3,8-11H2,1-2H3,(H,27,28)(H2,22,25,26)/t13-,14+. The van der Waals surface area contributed by atoms with E-state index in [4.69, 9.17) is 0 Å². The summed E-state index contributed by atoms with van der Waals surface area (Å²) < 4.78 is 0. The Bertz CT molecular complexity index is 953. The lowest BCUT2D eigenvalue weighted by molar-refractivity contribution is 0.0691. The maximum Gasteiger partial charge on any atom is 0.345 e. The van der Waals surface area contributed by atoms with Crippen molar-refractivity contribution >= 4 is 11.7 Å². The van der Waals surface area contributed by atoms with Gasteiger partial charge in [0.1, 0.15) is 5.75 Å². The zero-order chi connectivity index (χ0) is 20.0. The molecule has 2 aliphatic rings. The number of anilines is 1. The van der Waals surface area contributed by atoms with Gasteiger partial charge >= 0.3 is 5.97 Å². The number of hydrogen-bond acceptors (Lipinski definition) is 5. The molecule has 0 aliphatic carbocycles. The Morgan fingerprint density at radius 2 is 1.75 bits per heavy atom. The summed E-state index contributed by atoms with van der Waals surface area (Å²) in [5, 5.41) is 19.5. The van der Waals surface area contributed by atoms with Crippen molar-refractivity contribution in [1.82, 2.24) is 9.88 Å². The van der Waals surface area contributed by atoms with E-state index in [2.05, 4.69) is 21.8 Å². The number of carbonyl (C=O) groups is 1. The summed E-state index contributed by atoms with van der Waals surface area (Å²) in [6.45, 7) is 6.22. The fraction of sp³-hybridized carbons (Fsp3) is 0.429. The highest BCUT2D eigenvalue weighted by Crippen LogP contribution is 2.35. The molecule has 4 rings (SSSR count). The van der Waals surface area contributed by atoms with Crippen molar-refractivity contribution in [3.05, 3.63) is 45.7 Å². The van der Waals surface area contributed by atoms with E-state index in [-0.39, 0.29) is 0 Å². The number of pyridine rings is 1. The van der Waals surface area contributed by atoms with Crippen LogP contribution in [-0.2, 0) is 6.42 Å². The zero-order valence-electron chi connectivity index (χ0n) is 16.1. The Balaban J connectivity index is 1.63. The van der Waals surface area contributed by atoms with Crippen LogP contribution in [0.3, 0.4) is 0 Å². The molecule has 2 fully saturated rings. The van der Waals surface area contributed by atoms with Gasteiger partial charge in [-0.05, 0) is 43.0 Å². The van der Waals surface area contributed by atoms with Crippen LogP contribution in [0.4, 0.5) is 5.69 Å². The van der Waals surface area contributed by atoms with Crippen molar-refractivity contribution < 1.29 is 15.0 Å². The Labute approximate surface area is 163 Å². The fourth-order valence-electron chi connectivity index (χ4n) is 4.69. The number of hydrogen-bond donors (Lipinski definition) is 3. The Kier molecular flexibility index (Phi) is 4.63. The van der Waals surface area contributed by atoms with Crippen molar-refractivity contribution in [2.75, 3.05) is 38.1 Å². The van der Waals surface area contributed by atoms with Gasteiger partial charge in [-0.2, -0.15) is 0 Å². The van der Waals surface area contributed by atoms with Crippen molar-refractivity contribution in [2.45, 2.75) is 13.3 Å². The number of H-pyrrole nitrogens is 1. The van der Waals surface area contributed by atoms with Crippen LogP contribution in [-0.4, -0.2) is 59.3 Å². The number of fused-ring (bicyclic) bond motifs is 1. The largest absolute Gasteiger partial charge is 0.506 e. The first-order valence-electron chi connectivity index (χ1n) is 9.64. The predicted octanol–water partition coefficient (Wildman–Crippen LogP) is 2.01. The molecule has 0 unspecified atom stereocenters. The molecule has 0 spiro atoms. The monoisotopic (exact) mass is 383 g/mol. The van der Waals surface area contributed by atoms with Crippen molar-refractivity contribution in [2.24, 2.45) is 11.8 Å². The predicted molar refractivity (Wildman–Crippen MR) is 107 cm³/mol. The van der Waals surface area contributed by atoms with Crippen molar-refractivity contribution in [1.29, 1.82) is 0 Å². The minimum absolute atomic E-state index is 0.406. The molecule has 7 nitrogen and oxygen atoms in total. The first-order valence-corrected chi connectivity index (χ1v) is 9.64. The molecule has 3 heterocycles. The fourth-order valence-corrected chi connectivity index (χ4v) is 4.69. The zero-order valence-corrected chi connectivity index (χ0v) is 16.1. The van der Waals surface area contributed by atoms with Gasteiger partial charge in [-0.25, -0.2) is 4.79 Å². The first kappa shape index (κ1) is 18.6. The Morgan fingerprint density at radius 1 is 1.14 bits per heavy atom. The molecule has 0 amide bonds. The van der Waals surface area contributed by atoms with Crippen LogP contribution in [0.5, 0.6) is 5.75 Å². The molecule has 2 saturated heterocycles. The summed E-state index contributed by atoms with van der Waals surface area (Å²) in [6.07, 6.45) is 0.406. The van der Waals surface area contributed by atoms with Gasteiger partial charge in [0.25, 0.3) is 5.56 Å². The van der Waals surface area contributed by atoms with Crippen LogP contribution in [0, 0.1) is 11.8 Å². The number of carboxylic acid groups (broad SMARTS) is 1. The minimum atomic E-state index is -1.43. The van der Waals surface area contributed by atoms with Crippen molar-refractivity contribution in [3.8, 4) is 17.0 Å². The highest BCUT2D eigenvalue weighted by Gasteiger charge is 2.38. The third kappa shape index (κ3) is 3.05. The summed E-state index contributed by atoms with van der Waals surface area (Å²) in [5.74, 6) is -0.448. The highest BCUT2D eigenvalue weighted by molar-refractivity contribution is 5.92. The first-order chi connectivity index (χ1) is 13.4. The van der Waals surface area contributed by atoms with E-state index in [1.54, 1.807) is 0 Å². The summed E-state index contributed by atoms with van der Waals surface area (Å²) in [5.41, 5.74) is 1.41. The van der Waals surface area contributed by atoms with Gasteiger partial charge in [0.15, 0.2) is 5.56 Å². The van der Waals surface area contributed by atoms with Gasteiger partial charge in [0.2, 0.25) is 0 Å². The molecule has 2 aliphatic heterocycles. The molecule has 7 heteroatoms. The van der Waals surface area contributed by atoms with Crippen LogP contribution in [0.15, 0.2) is 29.1 Å². The van der Waals surface area contributed by atoms with Crippen molar-refractivity contribution in [3.63, 3.8) is 0 Å². The number of carboxylic acids is 1. The second-order valence-electron chi connectivity index (χ2n) is 7.88. The smallest absolute Gasteiger partial charge is 0.345 e. The SMILES string of the molecule is CCc1c(-c2ccc(N3C[C@H]4CN(C)C[C@H]4C3)cc2)[nH]c(=O)c(C(=O)O)c1O. The van der Waals surface area contributed by atoms with Crippen LogP contribution >= 0.6 is 0 Å². The van der Waals surface area contributed by atoms with E-state index in [1.807, 2.05) is 31.2 Å². The molecule has 148 valence electrons. The number of likely N-dealkylation sites (tertiary alicyclic amines) is 1. The minimum Gasteiger partial charge on any atom is -0.506 e. The van der Waals surface area contributed by atoms with Crippen LogP contribution in [0.2, 0.25) is 0 Å². The Hall–Kier alpha value is -2.80. The normalized spacial score (nSPS) is 21.9. The topological polar surface area (TPSA) is 96.9 Å². The lowest BCUT2D eigenvalue weighted by atomic mass is 10.0. The molecule has 1 aromatic heterocycles. The van der Waals surface area contributed by atoms with E-state index in [1.165, 1.54) is 0 Å². The number of nitrogens with zero attached hydrogens (tertiary/aromatic N) is 2. The van der Waals surface area contributed by atoms with Crippen LogP contribution < -0.4 is 10.5 Å². The number of aromatic nitrogens is 1. The second-order valence-corrected chi connectivity index (χ2v) is 7.88. The summed E-state index contributed by atoms with van der Waals surface area (Å²) >= 11 is 0. The maximum absolute atomic E-state index is 12.1. The van der Waals surface area contributed by atoms with Gasteiger partial charge in [-0.3, -0.25) is 4.79 Å². The number of nitrogens with one attached hydrogen (secondary N) is 1. The summed E-state index contributed by atoms with van der Waals surface area (Å²) in [7, 11) is 2.18. The van der Waals surface area contributed by atoms with E-state index in [0.717, 1.165) is 37.4 Å². The van der Waals surface area contributed by atoms with Gasteiger partial charge in [-0.15, -0.1) is 0 Å². The number of benzene rings is 1. The number of aromatic hydroxyl groups is 1. The second kappa shape index (κ2) is 6.98. The molecule has 0 bridgehead atoms. The average molecular weight is 383 g/mol. The van der Waals surface area contributed by atoms with Gasteiger partial charge < -0.3 is 25.0 Å². The molecule has 2 atom stereocenters. The lowest BCUT2D eigenvalue weighted by Crippen LogP contribution is -2.26. The van der Waals surface area contributed by atoms with Gasteiger partial charge in [0.05, 0.1) is 5.69 Å². The molecule has 0 saturated carbocycles. The third-order valence-corrected chi connectivity index (χ3v) is 6.05. The van der Waals surface area contributed by atoms with Gasteiger partial charge in [-0.1, -0.05) is 19.1 Å². The Morgan fingerprint density at radius 3 is 2.29 bits per heavy atom. The molecule has 1 aromatic carbocycles. The molecule has 28 heavy (non-hydrogen) atoms. The van der Waals surface area contributed by atoms with E-state index in [0.29, 0.717) is 29.5 Å². The lowest BCUT2D eigenvalue weighted by Gasteiger charge is -2.22. The molecule has 0 radical (unpaired) electrons. The highest BCUT2D eigenvalue weighted by atomic mass is 16.4. The number of rotatable bonds is 4. The molecular weight excluding hydrogens is 358 g/mol. The average Bonchev–Trinajstić information content (AvgIpc) is 3.18. The van der Waals surface area contributed by atoms with Gasteiger partial charge in [0, 0.05) is 37.4 Å². The quantitative estimate of drug-likeness (QED) is 0.747. The van der Waals surface area contributed by atoms with Crippen LogP contribution in [0.25, 0.3) is 11.3 Å². The maximum atomic E-state index is 12.1. The summed E-state index contributed by atoms with van der Waals surface area (Å²) in [6, 6.07) is 7.89. The number of aromatic carboxylic acids is 1. The molecular formula is C21H25N3O4. The van der Waals surface area contributed by atoms with E-state index >= 15 is 0 Å². The molecule has 3 N–H and O–H groups in total. The van der Waals surface area contributed by atoms with E-state index < -0.39 is 22.8 Å². The molecule has 2 aromatic rings. The van der Waals surface area contributed by atoms with Crippen LogP contribution in [0.1, 0.15) is 22.8 Å². The number of aromatic amines is 1.